The largest absolute Gasteiger partial charge is 0.478 e. The van der Waals surface area contributed by atoms with Crippen LogP contribution in [0, 0.1) is 26.7 Å². The van der Waals surface area contributed by atoms with E-state index in [9.17, 15) is 9.59 Å². The Morgan fingerprint density at radius 3 is 2.52 bits per heavy atom. The summed E-state index contributed by atoms with van der Waals surface area (Å²) in [6.45, 7) is 7.21. The highest BCUT2D eigenvalue weighted by Gasteiger charge is 2.19. The first-order valence-corrected chi connectivity index (χ1v) is 7.36. The lowest BCUT2D eigenvalue weighted by molar-refractivity contribution is -0.119. The van der Waals surface area contributed by atoms with Gasteiger partial charge in [0.1, 0.15) is 5.76 Å². The van der Waals surface area contributed by atoms with Crippen LogP contribution in [0.4, 0.5) is 5.69 Å². The maximum absolute atomic E-state index is 12.3. The van der Waals surface area contributed by atoms with E-state index in [-0.39, 0.29) is 17.4 Å². The van der Waals surface area contributed by atoms with Crippen molar-refractivity contribution < 1.29 is 19.2 Å². The van der Waals surface area contributed by atoms with Gasteiger partial charge >= 0.3 is 5.97 Å². The van der Waals surface area contributed by atoms with E-state index in [4.69, 9.17) is 9.63 Å². The van der Waals surface area contributed by atoms with Crippen molar-refractivity contribution in [1.82, 2.24) is 5.16 Å². The van der Waals surface area contributed by atoms with Crippen LogP contribution in [0.15, 0.2) is 22.7 Å². The van der Waals surface area contributed by atoms with Crippen molar-refractivity contribution in [3.8, 4) is 0 Å². The highest BCUT2D eigenvalue weighted by molar-refractivity contribution is 5.94. The Morgan fingerprint density at radius 1 is 1.30 bits per heavy atom. The van der Waals surface area contributed by atoms with Gasteiger partial charge in [0.05, 0.1) is 11.3 Å². The quantitative estimate of drug-likeness (QED) is 0.884. The minimum absolute atomic E-state index is 0.132. The van der Waals surface area contributed by atoms with Crippen molar-refractivity contribution in [1.29, 1.82) is 0 Å². The van der Waals surface area contributed by atoms with Crippen LogP contribution >= 0.6 is 0 Å². The number of hydrogen-bond acceptors (Lipinski definition) is 4. The number of nitrogens with one attached hydrogen (secondary N) is 1. The molecule has 0 saturated heterocycles. The van der Waals surface area contributed by atoms with Crippen LogP contribution in [0.2, 0.25) is 0 Å². The summed E-state index contributed by atoms with van der Waals surface area (Å²) in [5, 5.41) is 15.7. The summed E-state index contributed by atoms with van der Waals surface area (Å²) in [6.07, 6.45) is 0.541. The van der Waals surface area contributed by atoms with Crippen LogP contribution in [-0.2, 0) is 11.2 Å². The molecule has 1 aromatic carbocycles. The molecule has 1 amide bonds. The monoisotopic (exact) mass is 316 g/mol. The number of aromatic carboxylic acids is 1. The first-order valence-electron chi connectivity index (χ1n) is 7.36. The first-order chi connectivity index (χ1) is 10.8. The molecule has 0 aliphatic carbocycles. The second kappa shape index (κ2) is 6.64. The van der Waals surface area contributed by atoms with E-state index < -0.39 is 5.97 Å². The van der Waals surface area contributed by atoms with E-state index in [1.54, 1.807) is 19.1 Å². The van der Waals surface area contributed by atoms with E-state index in [1.165, 1.54) is 6.07 Å². The normalized spacial score (nSPS) is 12.0. The van der Waals surface area contributed by atoms with Crippen LogP contribution in [-0.4, -0.2) is 22.1 Å². The summed E-state index contributed by atoms with van der Waals surface area (Å²) < 4.78 is 5.11. The lowest BCUT2D eigenvalue weighted by Crippen LogP contribution is -2.22. The van der Waals surface area contributed by atoms with E-state index >= 15 is 0 Å². The number of rotatable bonds is 5. The third kappa shape index (κ3) is 3.77. The summed E-state index contributed by atoms with van der Waals surface area (Å²) in [7, 11) is 0. The maximum Gasteiger partial charge on any atom is 0.335 e. The molecular formula is C17H20N2O4. The third-order valence-corrected chi connectivity index (χ3v) is 3.86. The molecule has 23 heavy (non-hydrogen) atoms. The van der Waals surface area contributed by atoms with Crippen LogP contribution in [0.5, 0.6) is 0 Å². The zero-order valence-corrected chi connectivity index (χ0v) is 13.6. The van der Waals surface area contributed by atoms with Crippen molar-refractivity contribution >= 4 is 17.6 Å². The van der Waals surface area contributed by atoms with Gasteiger partial charge in [-0.15, -0.1) is 0 Å². The molecule has 0 bridgehead atoms. The standard InChI is InChI=1S/C17H20N2O4/c1-9-7-13(5-6-14(9)17(21)22)18-16(20)10(2)8-15-11(3)19-23-12(15)4/h5-7,10H,8H2,1-4H3,(H,18,20)(H,21,22). The molecule has 2 aromatic rings. The fourth-order valence-corrected chi connectivity index (χ4v) is 2.44. The van der Waals surface area contributed by atoms with E-state index in [0.717, 1.165) is 17.0 Å². The van der Waals surface area contributed by atoms with Crippen LogP contribution in [0.3, 0.4) is 0 Å². The lowest BCUT2D eigenvalue weighted by atomic mass is 9.99. The molecule has 122 valence electrons. The zero-order valence-electron chi connectivity index (χ0n) is 13.6. The number of carboxylic acids is 1. The molecule has 0 fully saturated rings. The smallest absolute Gasteiger partial charge is 0.335 e. The summed E-state index contributed by atoms with van der Waals surface area (Å²) in [5.41, 5.74) is 3.16. The molecule has 0 aliphatic heterocycles. The molecule has 0 spiro atoms. The second-order valence-electron chi connectivity index (χ2n) is 5.73. The number of aromatic nitrogens is 1. The Labute approximate surface area is 134 Å². The SMILES string of the molecule is Cc1cc(NC(=O)C(C)Cc2c(C)noc2C)ccc1C(=O)O. The molecule has 0 saturated carbocycles. The summed E-state index contributed by atoms with van der Waals surface area (Å²) in [5.74, 6) is -0.644. The molecule has 6 nitrogen and oxygen atoms in total. The van der Waals surface area contributed by atoms with Crippen LogP contribution < -0.4 is 5.32 Å². The van der Waals surface area contributed by atoms with Crippen molar-refractivity contribution in [2.24, 2.45) is 5.92 Å². The van der Waals surface area contributed by atoms with Crippen LogP contribution in [0.25, 0.3) is 0 Å². The molecule has 2 N–H and O–H groups in total. The Bertz CT molecular complexity index is 730. The number of amides is 1. The van der Waals surface area contributed by atoms with E-state index in [1.807, 2.05) is 20.8 Å². The van der Waals surface area contributed by atoms with E-state index in [2.05, 4.69) is 10.5 Å². The topological polar surface area (TPSA) is 92.4 Å². The second-order valence-corrected chi connectivity index (χ2v) is 5.73. The summed E-state index contributed by atoms with van der Waals surface area (Å²) >= 11 is 0. The van der Waals surface area contributed by atoms with Crippen molar-refractivity contribution in [2.45, 2.75) is 34.1 Å². The zero-order chi connectivity index (χ0) is 17.1. The average Bonchev–Trinajstić information content (AvgIpc) is 2.78. The summed E-state index contributed by atoms with van der Waals surface area (Å²) in [4.78, 5) is 23.3. The number of carbonyl (C=O) groups is 2. The van der Waals surface area contributed by atoms with Gasteiger partial charge in [-0.25, -0.2) is 4.79 Å². The number of aryl methyl sites for hydroxylation is 3. The molecule has 1 heterocycles. The van der Waals surface area contributed by atoms with Crippen molar-refractivity contribution in [3.63, 3.8) is 0 Å². The molecule has 6 heteroatoms. The Kier molecular flexibility index (Phi) is 4.83. The van der Waals surface area contributed by atoms with Crippen molar-refractivity contribution in [2.75, 3.05) is 5.32 Å². The number of carboxylic acid groups (broad SMARTS) is 1. The van der Waals surface area contributed by atoms with Crippen LogP contribution in [0.1, 0.15) is 39.9 Å². The number of carbonyl (C=O) groups excluding carboxylic acids is 1. The minimum Gasteiger partial charge on any atom is -0.478 e. The fraction of sp³-hybridized carbons (Fsp3) is 0.353. The molecular weight excluding hydrogens is 296 g/mol. The van der Waals surface area contributed by atoms with Crippen molar-refractivity contribution in [3.05, 3.63) is 46.3 Å². The van der Waals surface area contributed by atoms with Gasteiger partial charge in [-0.05, 0) is 51.0 Å². The Balaban J connectivity index is 2.07. The fourth-order valence-electron chi connectivity index (χ4n) is 2.44. The van der Waals surface area contributed by atoms with Gasteiger partial charge in [-0.2, -0.15) is 0 Å². The molecule has 0 aliphatic rings. The highest BCUT2D eigenvalue weighted by atomic mass is 16.5. The average molecular weight is 316 g/mol. The molecule has 2 rings (SSSR count). The Morgan fingerprint density at radius 2 is 2.00 bits per heavy atom. The number of anilines is 1. The van der Waals surface area contributed by atoms with Gasteiger partial charge in [0, 0.05) is 17.2 Å². The molecule has 1 aromatic heterocycles. The number of nitrogens with zero attached hydrogens (tertiary/aromatic N) is 1. The predicted molar refractivity (Wildman–Crippen MR) is 85.6 cm³/mol. The molecule has 1 atom stereocenters. The first kappa shape index (κ1) is 16.7. The van der Waals surface area contributed by atoms with Gasteiger partial charge in [0.2, 0.25) is 5.91 Å². The van der Waals surface area contributed by atoms with E-state index in [0.29, 0.717) is 17.7 Å². The lowest BCUT2D eigenvalue weighted by Gasteiger charge is -2.13. The van der Waals surface area contributed by atoms with Gasteiger partial charge < -0.3 is 14.9 Å². The maximum atomic E-state index is 12.3. The third-order valence-electron chi connectivity index (χ3n) is 3.86. The molecule has 1 unspecified atom stereocenters. The minimum atomic E-state index is -0.979. The van der Waals surface area contributed by atoms with Gasteiger partial charge in [-0.3, -0.25) is 4.79 Å². The predicted octanol–water partition coefficient (Wildman–Crippen LogP) is 3.12. The van der Waals surface area contributed by atoms with Gasteiger partial charge in [0.15, 0.2) is 0 Å². The Hall–Kier alpha value is -2.63. The van der Waals surface area contributed by atoms with Gasteiger partial charge in [-0.1, -0.05) is 12.1 Å². The number of hydrogen-bond donors (Lipinski definition) is 2. The molecule has 0 radical (unpaired) electrons. The highest BCUT2D eigenvalue weighted by Crippen LogP contribution is 2.20. The number of benzene rings is 1. The summed E-state index contributed by atoms with van der Waals surface area (Å²) in [6, 6.07) is 4.74. The van der Waals surface area contributed by atoms with Gasteiger partial charge in [0.25, 0.3) is 0 Å².